The van der Waals surface area contributed by atoms with Crippen LogP contribution in [0.25, 0.3) is 0 Å². The molecule has 2 aromatic rings. The van der Waals surface area contributed by atoms with Crippen molar-refractivity contribution in [2.75, 3.05) is 23.7 Å². The Morgan fingerprint density at radius 2 is 1.78 bits per heavy atom. The second-order valence-corrected chi connectivity index (χ2v) is 9.63. The van der Waals surface area contributed by atoms with Gasteiger partial charge in [-0.05, 0) is 44.0 Å². The summed E-state index contributed by atoms with van der Waals surface area (Å²) in [6.07, 6.45) is 1.69. The lowest BCUT2D eigenvalue weighted by molar-refractivity contribution is -0.139. The maximum Gasteiger partial charge on any atom is 0.244 e. The molecule has 174 valence electrons. The summed E-state index contributed by atoms with van der Waals surface area (Å²) in [5.74, 6) is -1.52. The Morgan fingerprint density at radius 3 is 2.34 bits per heavy atom. The second-order valence-electron chi connectivity index (χ2n) is 7.72. The van der Waals surface area contributed by atoms with Gasteiger partial charge in [-0.3, -0.25) is 13.9 Å². The molecule has 2 aromatic carbocycles. The molecule has 0 saturated heterocycles. The normalized spacial score (nSPS) is 12.2. The van der Waals surface area contributed by atoms with Crippen molar-refractivity contribution in [2.24, 2.45) is 0 Å². The number of carbonyl (C=O) groups excluding carboxylic acids is 2. The van der Waals surface area contributed by atoms with Crippen LogP contribution >= 0.6 is 0 Å². The molecule has 0 aliphatic rings. The first-order valence-electron chi connectivity index (χ1n) is 10.4. The van der Waals surface area contributed by atoms with E-state index in [1.165, 1.54) is 23.1 Å². The van der Waals surface area contributed by atoms with Gasteiger partial charge in [-0.25, -0.2) is 12.8 Å². The van der Waals surface area contributed by atoms with Gasteiger partial charge in [0, 0.05) is 13.1 Å². The topological polar surface area (TPSA) is 86.8 Å². The van der Waals surface area contributed by atoms with E-state index in [4.69, 9.17) is 0 Å². The van der Waals surface area contributed by atoms with Crippen molar-refractivity contribution in [3.8, 4) is 0 Å². The largest absolute Gasteiger partial charge is 0.354 e. The fraction of sp³-hybridized carbons (Fsp3) is 0.391. The van der Waals surface area contributed by atoms with Gasteiger partial charge >= 0.3 is 0 Å². The number of halogens is 1. The number of hydrogen-bond donors (Lipinski definition) is 1. The predicted molar refractivity (Wildman–Crippen MR) is 123 cm³/mol. The summed E-state index contributed by atoms with van der Waals surface area (Å²) >= 11 is 0. The SMILES string of the molecule is CCCNC(=O)C(C)N(Cc1ccc(C)cc1)C(=O)CN(c1cccc(F)c1)S(C)(=O)=O. The van der Waals surface area contributed by atoms with Crippen molar-refractivity contribution in [2.45, 2.75) is 39.8 Å². The highest BCUT2D eigenvalue weighted by Crippen LogP contribution is 2.20. The molecule has 0 aromatic heterocycles. The molecule has 1 N–H and O–H groups in total. The first-order valence-corrected chi connectivity index (χ1v) is 12.2. The standard InChI is InChI=1S/C23H30FN3O4S/c1-5-13-25-23(29)18(3)26(15-19-11-9-17(2)10-12-19)22(28)16-27(32(4,30)31)21-8-6-7-20(24)14-21/h6-12,14,18H,5,13,15-16H2,1-4H3,(H,25,29). The summed E-state index contributed by atoms with van der Waals surface area (Å²) < 4.78 is 39.4. The number of anilines is 1. The van der Waals surface area contributed by atoms with Crippen molar-refractivity contribution >= 4 is 27.5 Å². The van der Waals surface area contributed by atoms with Gasteiger partial charge in [0.15, 0.2) is 0 Å². The van der Waals surface area contributed by atoms with Gasteiger partial charge in [0.1, 0.15) is 18.4 Å². The molecule has 32 heavy (non-hydrogen) atoms. The van der Waals surface area contributed by atoms with E-state index in [1.807, 2.05) is 38.1 Å². The monoisotopic (exact) mass is 463 g/mol. The third-order valence-electron chi connectivity index (χ3n) is 4.97. The predicted octanol–water partition coefficient (Wildman–Crippen LogP) is 2.84. The highest BCUT2D eigenvalue weighted by atomic mass is 32.2. The highest BCUT2D eigenvalue weighted by molar-refractivity contribution is 7.92. The average Bonchev–Trinajstić information content (AvgIpc) is 2.73. The highest BCUT2D eigenvalue weighted by Gasteiger charge is 2.30. The number of nitrogens with one attached hydrogen (secondary N) is 1. The van der Waals surface area contributed by atoms with E-state index in [0.29, 0.717) is 6.54 Å². The Balaban J connectivity index is 2.35. The average molecular weight is 464 g/mol. The van der Waals surface area contributed by atoms with E-state index >= 15 is 0 Å². The zero-order chi connectivity index (χ0) is 23.9. The molecule has 0 bridgehead atoms. The van der Waals surface area contributed by atoms with Gasteiger partial charge in [-0.2, -0.15) is 0 Å². The fourth-order valence-corrected chi connectivity index (χ4v) is 3.96. The van der Waals surface area contributed by atoms with Crippen LogP contribution in [0.4, 0.5) is 10.1 Å². The van der Waals surface area contributed by atoms with E-state index in [1.54, 1.807) is 6.92 Å². The molecule has 0 heterocycles. The number of amides is 2. The fourth-order valence-electron chi connectivity index (χ4n) is 3.11. The Kier molecular flexibility index (Phi) is 8.77. The molecule has 0 fully saturated rings. The van der Waals surface area contributed by atoms with E-state index in [-0.39, 0.29) is 18.1 Å². The van der Waals surface area contributed by atoms with Crippen LogP contribution in [0.15, 0.2) is 48.5 Å². The van der Waals surface area contributed by atoms with Crippen LogP contribution in [0.5, 0.6) is 0 Å². The van der Waals surface area contributed by atoms with Gasteiger partial charge in [-0.15, -0.1) is 0 Å². The Hall–Kier alpha value is -2.94. The first-order chi connectivity index (χ1) is 15.0. The molecule has 7 nitrogen and oxygen atoms in total. The van der Waals surface area contributed by atoms with Crippen LogP contribution in [0, 0.1) is 12.7 Å². The summed E-state index contributed by atoms with van der Waals surface area (Å²) in [4.78, 5) is 27.2. The maximum absolute atomic E-state index is 13.7. The smallest absolute Gasteiger partial charge is 0.244 e. The summed E-state index contributed by atoms with van der Waals surface area (Å²) in [6.45, 7) is 5.50. The third kappa shape index (κ3) is 7.05. The van der Waals surface area contributed by atoms with Gasteiger partial charge in [0.05, 0.1) is 11.9 Å². The van der Waals surface area contributed by atoms with Gasteiger partial charge < -0.3 is 10.2 Å². The summed E-state index contributed by atoms with van der Waals surface area (Å²) in [5.41, 5.74) is 1.89. The molecular weight excluding hydrogens is 433 g/mol. The number of hydrogen-bond acceptors (Lipinski definition) is 4. The second kappa shape index (κ2) is 11.1. The lowest BCUT2D eigenvalue weighted by Gasteiger charge is -2.31. The zero-order valence-corrected chi connectivity index (χ0v) is 19.7. The molecule has 0 spiro atoms. The summed E-state index contributed by atoms with van der Waals surface area (Å²) in [5, 5.41) is 2.77. The van der Waals surface area contributed by atoms with Gasteiger partial charge in [0.2, 0.25) is 21.8 Å². The quantitative estimate of drug-likeness (QED) is 0.587. The number of aryl methyl sites for hydroxylation is 1. The van der Waals surface area contributed by atoms with Crippen LogP contribution in [0.1, 0.15) is 31.4 Å². The lowest BCUT2D eigenvalue weighted by atomic mass is 10.1. The molecule has 1 atom stereocenters. The van der Waals surface area contributed by atoms with Crippen molar-refractivity contribution < 1.29 is 22.4 Å². The Bertz CT molecular complexity index is 1040. The number of nitrogens with zero attached hydrogens (tertiary/aromatic N) is 2. The molecule has 2 amide bonds. The molecule has 2 rings (SSSR count). The minimum atomic E-state index is -3.88. The molecular formula is C23H30FN3O4S. The van der Waals surface area contributed by atoms with Crippen molar-refractivity contribution in [3.63, 3.8) is 0 Å². The third-order valence-corrected chi connectivity index (χ3v) is 6.11. The number of benzene rings is 2. The Labute approximate surface area is 189 Å². The molecule has 1 unspecified atom stereocenters. The van der Waals surface area contributed by atoms with Crippen molar-refractivity contribution in [1.29, 1.82) is 0 Å². The van der Waals surface area contributed by atoms with E-state index in [9.17, 15) is 22.4 Å². The molecule has 0 aliphatic heterocycles. The van der Waals surface area contributed by atoms with Crippen LogP contribution in [0.2, 0.25) is 0 Å². The zero-order valence-electron chi connectivity index (χ0n) is 18.8. The van der Waals surface area contributed by atoms with Crippen LogP contribution in [-0.2, 0) is 26.2 Å². The van der Waals surface area contributed by atoms with E-state index in [2.05, 4.69) is 5.32 Å². The maximum atomic E-state index is 13.7. The first kappa shape index (κ1) is 25.3. The van der Waals surface area contributed by atoms with E-state index in [0.717, 1.165) is 34.2 Å². The minimum absolute atomic E-state index is 0.0409. The number of sulfonamides is 1. The molecule has 0 aliphatic carbocycles. The van der Waals surface area contributed by atoms with Crippen LogP contribution < -0.4 is 9.62 Å². The Morgan fingerprint density at radius 1 is 1.12 bits per heavy atom. The molecule has 9 heteroatoms. The molecule has 0 saturated carbocycles. The lowest BCUT2D eigenvalue weighted by Crippen LogP contribution is -2.51. The number of rotatable bonds is 10. The minimum Gasteiger partial charge on any atom is -0.354 e. The van der Waals surface area contributed by atoms with Crippen molar-refractivity contribution in [1.82, 2.24) is 10.2 Å². The van der Waals surface area contributed by atoms with Crippen LogP contribution in [-0.4, -0.2) is 50.5 Å². The summed E-state index contributed by atoms with van der Waals surface area (Å²) in [6, 6.07) is 11.7. The van der Waals surface area contributed by atoms with Gasteiger partial charge in [0.25, 0.3) is 0 Å². The van der Waals surface area contributed by atoms with Crippen LogP contribution in [0.3, 0.4) is 0 Å². The number of carbonyl (C=O) groups is 2. The van der Waals surface area contributed by atoms with Gasteiger partial charge in [-0.1, -0.05) is 42.8 Å². The summed E-state index contributed by atoms with van der Waals surface area (Å²) in [7, 11) is -3.88. The van der Waals surface area contributed by atoms with E-state index < -0.39 is 34.3 Å². The van der Waals surface area contributed by atoms with Crippen molar-refractivity contribution in [3.05, 3.63) is 65.5 Å². The molecule has 0 radical (unpaired) electrons.